The van der Waals surface area contributed by atoms with Gasteiger partial charge in [0.25, 0.3) is 0 Å². The molecule has 224 valence electrons. The molecule has 0 aliphatic carbocycles. The van der Waals surface area contributed by atoms with Crippen LogP contribution in [0.4, 0.5) is 14.6 Å². The number of rotatable bonds is 5. The molecule has 2 aromatic carbocycles. The van der Waals surface area contributed by atoms with Gasteiger partial charge in [0.05, 0.1) is 42.4 Å². The van der Waals surface area contributed by atoms with E-state index in [1.54, 1.807) is 41.4 Å². The fourth-order valence-corrected chi connectivity index (χ4v) is 6.18. The molecule has 0 unspecified atom stereocenters. The Hall–Kier alpha value is -5.33. The van der Waals surface area contributed by atoms with E-state index in [2.05, 4.69) is 9.67 Å². The average Bonchev–Trinajstić information content (AvgIpc) is 3.62. The quantitative estimate of drug-likeness (QED) is 0.299. The highest BCUT2D eigenvalue weighted by atomic mass is 19.1. The van der Waals surface area contributed by atoms with E-state index in [1.165, 1.54) is 24.3 Å². The van der Waals surface area contributed by atoms with E-state index < -0.39 is 0 Å². The van der Waals surface area contributed by atoms with Crippen molar-refractivity contribution in [1.29, 1.82) is 0 Å². The Bertz CT molecular complexity index is 2060. The van der Waals surface area contributed by atoms with Crippen LogP contribution in [-0.4, -0.2) is 37.8 Å². The fourth-order valence-electron chi connectivity index (χ4n) is 6.18. The smallest absolute Gasteiger partial charge is 0.239 e. The molecule has 6 heterocycles. The van der Waals surface area contributed by atoms with Gasteiger partial charge in [-0.1, -0.05) is 4.68 Å². The van der Waals surface area contributed by atoms with Crippen molar-refractivity contribution in [3.05, 3.63) is 108 Å². The van der Waals surface area contributed by atoms with Crippen molar-refractivity contribution in [2.45, 2.75) is 26.3 Å². The highest BCUT2D eigenvalue weighted by molar-refractivity contribution is 5.83. The molecule has 0 fully saturated rings. The highest BCUT2D eigenvalue weighted by Gasteiger charge is 2.39. The van der Waals surface area contributed by atoms with Gasteiger partial charge in [0, 0.05) is 28.5 Å². The zero-order chi connectivity index (χ0) is 30.5. The maximum absolute atomic E-state index is 14.2. The minimum absolute atomic E-state index is 0.312. The molecule has 45 heavy (non-hydrogen) atoms. The van der Waals surface area contributed by atoms with E-state index >= 15 is 0 Å². The van der Waals surface area contributed by atoms with Gasteiger partial charge in [0.15, 0.2) is 24.6 Å². The zero-order valence-electron chi connectivity index (χ0n) is 24.1. The summed E-state index contributed by atoms with van der Waals surface area (Å²) in [6.45, 7) is 2.99. The summed E-state index contributed by atoms with van der Waals surface area (Å²) in [5, 5.41) is 9.71. The van der Waals surface area contributed by atoms with Crippen LogP contribution in [0.1, 0.15) is 11.4 Å². The Kier molecular flexibility index (Phi) is 6.65. The molecule has 0 amide bonds. The molecule has 0 spiro atoms. The summed E-state index contributed by atoms with van der Waals surface area (Å²) in [5.41, 5.74) is 14.6. The molecule has 2 aliphatic heterocycles. The third-order valence-corrected chi connectivity index (χ3v) is 8.18. The van der Waals surface area contributed by atoms with Crippen LogP contribution in [0, 0.1) is 11.6 Å². The van der Waals surface area contributed by atoms with E-state index in [0.29, 0.717) is 45.3 Å². The number of nitrogens with zero attached hydrogens (tertiary/aromatic N) is 7. The summed E-state index contributed by atoms with van der Waals surface area (Å²) in [7, 11) is 0. The van der Waals surface area contributed by atoms with Crippen molar-refractivity contribution >= 4 is 5.82 Å². The second-order valence-electron chi connectivity index (χ2n) is 10.9. The van der Waals surface area contributed by atoms with Crippen molar-refractivity contribution in [2.75, 3.05) is 18.9 Å². The monoisotopic (exact) mass is 606 g/mol. The largest absolute Gasteiger partial charge is 0.384 e. The maximum Gasteiger partial charge on any atom is 0.239 e. The average molecular weight is 607 g/mol. The fraction of sp³-hybridized carbons (Fsp3) is 0.182. The lowest BCUT2D eigenvalue weighted by molar-refractivity contribution is -1.34. The number of nitrogen functional groups attached to an aromatic ring is 1. The Morgan fingerprint density at radius 3 is 2.18 bits per heavy atom. The van der Waals surface area contributed by atoms with Crippen LogP contribution in [-0.2, 0) is 35.8 Å². The highest BCUT2D eigenvalue weighted by Crippen LogP contribution is 2.37. The number of benzene rings is 2. The summed E-state index contributed by atoms with van der Waals surface area (Å²) < 4.78 is 43.9. The van der Waals surface area contributed by atoms with E-state index in [4.69, 9.17) is 25.4 Å². The summed E-state index contributed by atoms with van der Waals surface area (Å²) in [6.07, 6.45) is 5.35. The van der Waals surface area contributed by atoms with Crippen molar-refractivity contribution in [1.82, 2.24) is 24.5 Å². The number of anilines is 1. The number of hydrogen-bond acceptors (Lipinski definition) is 6. The first-order chi connectivity index (χ1) is 22.0. The third-order valence-electron chi connectivity index (χ3n) is 8.18. The first-order valence-corrected chi connectivity index (χ1v) is 14.6. The van der Waals surface area contributed by atoms with E-state index in [-0.39, 0.29) is 11.6 Å². The molecule has 6 aromatic rings. The summed E-state index contributed by atoms with van der Waals surface area (Å²) in [6, 6.07) is 18.4. The lowest BCUT2D eigenvalue weighted by Crippen LogP contribution is -2.74. The molecule has 0 saturated carbocycles. The predicted molar refractivity (Wildman–Crippen MR) is 159 cm³/mol. The molecular weight excluding hydrogens is 578 g/mol. The van der Waals surface area contributed by atoms with Crippen molar-refractivity contribution in [3.63, 3.8) is 0 Å². The second-order valence-corrected chi connectivity index (χ2v) is 10.9. The molecule has 0 saturated heterocycles. The van der Waals surface area contributed by atoms with Gasteiger partial charge >= 0.3 is 0 Å². The zero-order valence-corrected chi connectivity index (χ0v) is 24.1. The van der Waals surface area contributed by atoms with Gasteiger partial charge in [0.2, 0.25) is 5.69 Å². The first kappa shape index (κ1) is 27.2. The van der Waals surface area contributed by atoms with Gasteiger partial charge in [-0.25, -0.2) is 13.8 Å². The predicted octanol–water partition coefficient (Wildman–Crippen LogP) is 3.95. The molecule has 4 aromatic heterocycles. The second kappa shape index (κ2) is 11.0. The lowest BCUT2D eigenvalue weighted by Gasteiger charge is -2.15. The van der Waals surface area contributed by atoms with Crippen molar-refractivity contribution < 1.29 is 27.8 Å². The van der Waals surface area contributed by atoms with Crippen LogP contribution in [0.25, 0.3) is 44.8 Å². The third kappa shape index (κ3) is 4.75. The van der Waals surface area contributed by atoms with Gasteiger partial charge in [0.1, 0.15) is 39.6 Å². The van der Waals surface area contributed by atoms with Crippen molar-refractivity contribution in [2.24, 2.45) is 0 Å². The van der Waals surface area contributed by atoms with E-state index in [1.807, 2.05) is 33.9 Å². The number of halogens is 2. The SMILES string of the molecule is Nc1cc(-c2c3n([n+](-[n+]4cc(-c5c(-c6ccc(F)cc6)nn6c5COCC6)ccn4)c2-c2ccc(F)cc2)CCOC3)ccn1. The number of pyridine rings is 1. The van der Waals surface area contributed by atoms with Gasteiger partial charge in [-0.2, -0.15) is 5.10 Å². The van der Waals surface area contributed by atoms with Gasteiger partial charge in [-0.15, -0.1) is 0 Å². The molecule has 12 heteroatoms. The Labute approximate surface area is 256 Å². The number of hydrogen-bond donors (Lipinski definition) is 1. The van der Waals surface area contributed by atoms with Crippen LogP contribution in [0.15, 0.2) is 85.3 Å². The molecule has 10 nitrogen and oxygen atoms in total. The summed E-state index contributed by atoms with van der Waals surface area (Å²) in [5.74, 6) is -0.260. The van der Waals surface area contributed by atoms with Crippen LogP contribution >= 0.6 is 0 Å². The van der Waals surface area contributed by atoms with Crippen molar-refractivity contribution in [3.8, 4) is 44.8 Å². The topological polar surface area (TPSA) is 101 Å². The minimum Gasteiger partial charge on any atom is -0.384 e. The molecule has 0 radical (unpaired) electrons. The molecule has 0 bridgehead atoms. The molecule has 2 N–H and O–H groups in total. The lowest BCUT2D eigenvalue weighted by atomic mass is 9.99. The number of nitrogens with two attached hydrogens (primary N) is 1. The van der Waals surface area contributed by atoms with E-state index in [0.717, 1.165) is 56.2 Å². The number of fused-ring (bicyclic) bond motifs is 2. The molecule has 2 aliphatic rings. The van der Waals surface area contributed by atoms with Crippen LogP contribution < -0.4 is 15.3 Å². The summed E-state index contributed by atoms with van der Waals surface area (Å²) >= 11 is 0. The molecule has 0 atom stereocenters. The first-order valence-electron chi connectivity index (χ1n) is 14.6. The van der Waals surface area contributed by atoms with Gasteiger partial charge < -0.3 is 15.2 Å². The summed E-state index contributed by atoms with van der Waals surface area (Å²) in [4.78, 5) is 7.96. The van der Waals surface area contributed by atoms with Gasteiger partial charge in [-0.05, 0) is 72.3 Å². The minimum atomic E-state index is -0.332. The normalized spacial score (nSPS) is 14.3. The number of ether oxygens (including phenoxy) is 2. The standard InChI is InChI=1S/C33H28F2N8O2/c34-25-5-1-21(2-6-25)32-30(27-19-44-15-13-40(27)39-32)24-10-12-38-42(18-24)43-33(22-3-7-26(35)8-4-22)31(23-9-11-37-29(36)17-23)28-20-45-16-14-41(28)43/h1-12,17-18H,13-16,19-20H2,(H2,36,37)/q+2. The van der Waals surface area contributed by atoms with Gasteiger partial charge in [-0.3, -0.25) is 4.68 Å². The van der Waals surface area contributed by atoms with E-state index in [9.17, 15) is 8.78 Å². The Morgan fingerprint density at radius 1 is 0.733 bits per heavy atom. The van der Waals surface area contributed by atoms with Crippen LogP contribution in [0.5, 0.6) is 0 Å². The molecule has 8 rings (SSSR count). The Balaban J connectivity index is 1.38. The Morgan fingerprint density at radius 2 is 1.42 bits per heavy atom. The maximum atomic E-state index is 14.2. The van der Waals surface area contributed by atoms with Crippen LogP contribution in [0.2, 0.25) is 0 Å². The number of aromatic nitrogens is 7. The van der Waals surface area contributed by atoms with Crippen LogP contribution in [0.3, 0.4) is 0 Å². The molecular formula is C33H28F2N8O2+2.